The van der Waals surface area contributed by atoms with Crippen LogP contribution in [0.1, 0.15) is 6.92 Å². The zero-order chi connectivity index (χ0) is 11.1. The molecule has 0 unspecified atom stereocenters. The van der Waals surface area contributed by atoms with Crippen LogP contribution in [0.3, 0.4) is 0 Å². The molecular formula is C10H12N2O3. The van der Waals surface area contributed by atoms with E-state index in [1.165, 1.54) is 0 Å². The maximum Gasteiger partial charge on any atom is 0.325 e. The van der Waals surface area contributed by atoms with Gasteiger partial charge in [-0.05, 0) is 31.2 Å². The molecule has 0 aromatic heterocycles. The first-order chi connectivity index (χ1) is 7.26. The molecule has 1 aromatic carbocycles. The van der Waals surface area contributed by atoms with Crippen molar-refractivity contribution in [3.8, 4) is 5.75 Å². The zero-order valence-electron chi connectivity index (χ0n) is 8.32. The summed E-state index contributed by atoms with van der Waals surface area (Å²) in [6.45, 7) is 2.49. The molecule has 0 saturated carbocycles. The summed E-state index contributed by atoms with van der Waals surface area (Å²) in [6, 6.07) is 6.29. The van der Waals surface area contributed by atoms with Gasteiger partial charge in [-0.3, -0.25) is 10.1 Å². The van der Waals surface area contributed by atoms with Gasteiger partial charge < -0.3 is 10.1 Å². The summed E-state index contributed by atoms with van der Waals surface area (Å²) in [5.74, 6) is 0.735. The van der Waals surface area contributed by atoms with Gasteiger partial charge in [0.25, 0.3) is 0 Å². The van der Waals surface area contributed by atoms with Crippen molar-refractivity contribution >= 4 is 18.1 Å². The van der Waals surface area contributed by atoms with E-state index < -0.39 is 6.03 Å². The Labute approximate surface area is 87.4 Å². The fourth-order valence-corrected chi connectivity index (χ4v) is 1.02. The maximum absolute atomic E-state index is 10.9. The maximum atomic E-state index is 10.9. The van der Waals surface area contributed by atoms with Crippen LogP contribution in [0.15, 0.2) is 24.3 Å². The lowest BCUT2D eigenvalue weighted by Gasteiger charge is -2.05. The summed E-state index contributed by atoms with van der Waals surface area (Å²) in [4.78, 5) is 20.9. The molecule has 0 atom stereocenters. The summed E-state index contributed by atoms with van der Waals surface area (Å²) in [5.41, 5.74) is 0.595. The number of benzene rings is 1. The molecule has 1 aromatic rings. The highest BCUT2D eigenvalue weighted by Crippen LogP contribution is 2.15. The predicted molar refractivity (Wildman–Crippen MR) is 55.8 cm³/mol. The fourth-order valence-electron chi connectivity index (χ4n) is 1.02. The fraction of sp³-hybridized carbons (Fsp3) is 0.200. The van der Waals surface area contributed by atoms with Crippen LogP contribution >= 0.6 is 0 Å². The Balaban J connectivity index is 2.56. The van der Waals surface area contributed by atoms with Crippen LogP contribution in [0.25, 0.3) is 0 Å². The third kappa shape index (κ3) is 3.68. The number of anilines is 1. The van der Waals surface area contributed by atoms with Crippen molar-refractivity contribution in [2.45, 2.75) is 6.92 Å². The molecule has 1 rings (SSSR count). The van der Waals surface area contributed by atoms with Gasteiger partial charge in [-0.25, -0.2) is 4.79 Å². The van der Waals surface area contributed by atoms with E-state index in [9.17, 15) is 9.59 Å². The highest BCUT2D eigenvalue weighted by atomic mass is 16.5. The molecule has 0 aliphatic heterocycles. The molecule has 3 amide bonds. The molecule has 0 heterocycles. The predicted octanol–water partition coefficient (Wildman–Crippen LogP) is 1.36. The summed E-state index contributed by atoms with van der Waals surface area (Å²) in [6.07, 6.45) is 0.323. The summed E-state index contributed by atoms with van der Waals surface area (Å²) < 4.78 is 5.23. The van der Waals surface area contributed by atoms with Crippen molar-refractivity contribution in [3.05, 3.63) is 24.3 Å². The molecule has 80 valence electrons. The molecule has 0 bridgehead atoms. The van der Waals surface area contributed by atoms with Crippen molar-refractivity contribution in [1.29, 1.82) is 0 Å². The number of carbonyl (C=O) groups is 2. The smallest absolute Gasteiger partial charge is 0.325 e. The van der Waals surface area contributed by atoms with E-state index in [-0.39, 0.29) is 0 Å². The highest BCUT2D eigenvalue weighted by Gasteiger charge is 1.99. The number of imide groups is 1. The summed E-state index contributed by atoms with van der Waals surface area (Å²) in [7, 11) is 0. The Kier molecular flexibility index (Phi) is 4.15. The number of amides is 3. The minimum Gasteiger partial charge on any atom is -0.494 e. The van der Waals surface area contributed by atoms with Crippen LogP contribution in [-0.4, -0.2) is 19.0 Å². The van der Waals surface area contributed by atoms with Crippen LogP contribution in [-0.2, 0) is 4.79 Å². The van der Waals surface area contributed by atoms with Crippen molar-refractivity contribution in [3.63, 3.8) is 0 Å². The minimum atomic E-state index is -0.561. The lowest BCUT2D eigenvalue weighted by molar-refractivity contribution is -0.108. The third-order valence-corrected chi connectivity index (χ3v) is 1.61. The van der Waals surface area contributed by atoms with E-state index >= 15 is 0 Å². The Morgan fingerprint density at radius 3 is 2.60 bits per heavy atom. The van der Waals surface area contributed by atoms with Gasteiger partial charge >= 0.3 is 6.03 Å². The molecular weight excluding hydrogens is 196 g/mol. The monoisotopic (exact) mass is 208 g/mol. The van der Waals surface area contributed by atoms with Crippen LogP contribution in [0, 0.1) is 0 Å². The number of ether oxygens (including phenoxy) is 1. The molecule has 0 fully saturated rings. The lowest BCUT2D eigenvalue weighted by Crippen LogP contribution is -2.26. The van der Waals surface area contributed by atoms with Crippen LogP contribution < -0.4 is 15.4 Å². The Morgan fingerprint density at radius 1 is 1.40 bits per heavy atom. The molecule has 5 nitrogen and oxygen atoms in total. The van der Waals surface area contributed by atoms with Gasteiger partial charge in [-0.2, -0.15) is 0 Å². The summed E-state index contributed by atoms with van der Waals surface area (Å²) in [5, 5.41) is 4.45. The van der Waals surface area contributed by atoms with Gasteiger partial charge in [0.15, 0.2) is 0 Å². The van der Waals surface area contributed by atoms with E-state index in [2.05, 4.69) is 5.32 Å². The molecule has 0 saturated heterocycles. The zero-order valence-corrected chi connectivity index (χ0v) is 8.32. The van der Waals surface area contributed by atoms with E-state index in [1.807, 2.05) is 12.2 Å². The number of urea groups is 1. The first-order valence-electron chi connectivity index (χ1n) is 4.50. The average molecular weight is 208 g/mol. The highest BCUT2D eigenvalue weighted by molar-refractivity contribution is 5.95. The molecule has 5 heteroatoms. The Morgan fingerprint density at radius 2 is 2.07 bits per heavy atom. The van der Waals surface area contributed by atoms with Crippen LogP contribution in [0.5, 0.6) is 5.75 Å². The SMILES string of the molecule is CCOc1ccc(NC(=O)NC=O)cc1. The van der Waals surface area contributed by atoms with Gasteiger partial charge in [0.1, 0.15) is 5.75 Å². The topological polar surface area (TPSA) is 67.4 Å². The van der Waals surface area contributed by atoms with Crippen LogP contribution in [0.4, 0.5) is 10.5 Å². The quantitative estimate of drug-likeness (QED) is 0.734. The van der Waals surface area contributed by atoms with Crippen molar-refractivity contribution in [2.24, 2.45) is 0 Å². The molecule has 0 radical (unpaired) electrons. The molecule has 15 heavy (non-hydrogen) atoms. The van der Waals surface area contributed by atoms with E-state index in [0.29, 0.717) is 18.7 Å². The largest absolute Gasteiger partial charge is 0.494 e. The molecule has 0 aliphatic carbocycles. The number of hydrogen-bond acceptors (Lipinski definition) is 3. The van der Waals surface area contributed by atoms with E-state index in [4.69, 9.17) is 4.74 Å². The number of rotatable bonds is 4. The second kappa shape index (κ2) is 5.64. The van der Waals surface area contributed by atoms with Gasteiger partial charge in [0.05, 0.1) is 6.61 Å². The first-order valence-corrected chi connectivity index (χ1v) is 4.50. The number of nitrogens with one attached hydrogen (secondary N) is 2. The van der Waals surface area contributed by atoms with Crippen LogP contribution in [0.2, 0.25) is 0 Å². The summed E-state index contributed by atoms with van der Waals surface area (Å²) >= 11 is 0. The Bertz CT molecular complexity index is 335. The molecule has 0 spiro atoms. The average Bonchev–Trinajstić information content (AvgIpc) is 2.22. The molecule has 0 aliphatic rings. The van der Waals surface area contributed by atoms with Gasteiger partial charge in [0.2, 0.25) is 6.41 Å². The second-order valence-corrected chi connectivity index (χ2v) is 2.67. The normalized spacial score (nSPS) is 9.13. The van der Waals surface area contributed by atoms with Crippen molar-refractivity contribution in [2.75, 3.05) is 11.9 Å². The first kappa shape index (κ1) is 11.0. The van der Waals surface area contributed by atoms with Gasteiger partial charge in [0, 0.05) is 5.69 Å². The third-order valence-electron chi connectivity index (χ3n) is 1.61. The number of carbonyl (C=O) groups excluding carboxylic acids is 2. The van der Waals surface area contributed by atoms with Gasteiger partial charge in [-0.1, -0.05) is 0 Å². The van der Waals surface area contributed by atoms with E-state index in [0.717, 1.165) is 5.75 Å². The van der Waals surface area contributed by atoms with Crippen molar-refractivity contribution < 1.29 is 14.3 Å². The molecule has 2 N–H and O–H groups in total. The number of hydrogen-bond donors (Lipinski definition) is 2. The van der Waals surface area contributed by atoms with Crippen molar-refractivity contribution in [1.82, 2.24) is 5.32 Å². The van der Waals surface area contributed by atoms with E-state index in [1.54, 1.807) is 24.3 Å². The lowest BCUT2D eigenvalue weighted by atomic mass is 10.3. The minimum absolute atomic E-state index is 0.323. The standard InChI is InChI=1S/C10H12N2O3/c1-2-15-9-5-3-8(4-6-9)12-10(14)11-7-13/h3-7H,2H2,1H3,(H2,11,12,13,14). The second-order valence-electron chi connectivity index (χ2n) is 2.67. The Hall–Kier alpha value is -2.04. The van der Waals surface area contributed by atoms with Gasteiger partial charge in [-0.15, -0.1) is 0 Å².